The van der Waals surface area contributed by atoms with Crippen LogP contribution < -0.4 is 10.6 Å². The molecule has 3 rings (SSSR count). The Labute approximate surface area is 149 Å². The molecule has 2 atom stereocenters. The Kier molecular flexibility index (Phi) is 6.24. The molecule has 1 aromatic carbocycles. The summed E-state index contributed by atoms with van der Waals surface area (Å²) in [5.41, 5.74) is 7.61. The normalized spacial score (nSPS) is 22.2. The van der Waals surface area contributed by atoms with E-state index >= 15 is 0 Å². The van der Waals surface area contributed by atoms with Crippen LogP contribution in [0.1, 0.15) is 49.4 Å². The molecule has 0 aliphatic carbocycles. The van der Waals surface area contributed by atoms with Crippen molar-refractivity contribution >= 4 is 29.9 Å². The maximum atomic E-state index is 12.8. The summed E-state index contributed by atoms with van der Waals surface area (Å²) in [5, 5.41) is 0. The number of anilines is 1. The van der Waals surface area contributed by atoms with E-state index in [1.165, 1.54) is 0 Å². The van der Waals surface area contributed by atoms with Crippen LogP contribution in [0.5, 0.6) is 0 Å². The van der Waals surface area contributed by atoms with Gasteiger partial charge in [-0.05, 0) is 56.9 Å². The highest BCUT2D eigenvalue weighted by Gasteiger charge is 2.30. The molecule has 2 heterocycles. The third-order valence-electron chi connectivity index (χ3n) is 4.92. The van der Waals surface area contributed by atoms with Crippen molar-refractivity contribution in [2.75, 3.05) is 18.0 Å². The summed E-state index contributed by atoms with van der Waals surface area (Å²) in [6, 6.07) is 7.52. The number of nitrogens with zero attached hydrogens (tertiary/aromatic N) is 2. The van der Waals surface area contributed by atoms with Gasteiger partial charge in [-0.25, -0.2) is 0 Å². The second-order valence-corrected chi connectivity index (χ2v) is 6.62. The smallest absolute Gasteiger partial charge is 0.254 e. The van der Waals surface area contributed by atoms with Crippen LogP contribution in [-0.4, -0.2) is 41.9 Å². The van der Waals surface area contributed by atoms with Gasteiger partial charge in [0.25, 0.3) is 5.91 Å². The Morgan fingerprint density at radius 1 is 1.17 bits per heavy atom. The number of benzene rings is 1. The number of hydrogen-bond acceptors (Lipinski definition) is 3. The summed E-state index contributed by atoms with van der Waals surface area (Å²) in [6.45, 7) is 3.51. The van der Waals surface area contributed by atoms with Gasteiger partial charge in [-0.3, -0.25) is 9.59 Å². The lowest BCUT2D eigenvalue weighted by Gasteiger charge is -2.38. The van der Waals surface area contributed by atoms with Gasteiger partial charge < -0.3 is 15.5 Å². The third-order valence-corrected chi connectivity index (χ3v) is 4.92. The van der Waals surface area contributed by atoms with Crippen molar-refractivity contribution in [3.63, 3.8) is 0 Å². The van der Waals surface area contributed by atoms with Crippen molar-refractivity contribution in [3.8, 4) is 0 Å². The number of hydrogen-bond donors (Lipinski definition) is 1. The predicted octanol–water partition coefficient (Wildman–Crippen LogP) is 2.58. The molecule has 2 aliphatic heterocycles. The fourth-order valence-electron chi connectivity index (χ4n) is 3.63. The highest BCUT2D eigenvalue weighted by Crippen LogP contribution is 2.24. The van der Waals surface area contributed by atoms with Gasteiger partial charge in [0.2, 0.25) is 5.91 Å². The topological polar surface area (TPSA) is 66.6 Å². The van der Waals surface area contributed by atoms with Crippen molar-refractivity contribution < 1.29 is 9.59 Å². The first-order chi connectivity index (χ1) is 11.1. The molecule has 2 unspecified atom stereocenters. The summed E-state index contributed by atoms with van der Waals surface area (Å²) in [7, 11) is 0. The van der Waals surface area contributed by atoms with E-state index in [1.54, 1.807) is 4.90 Å². The standard InChI is InChI=1S/C18H25N3O2.ClH/c1-13(19)16-5-2-3-11-21(16)18(23)14-7-9-15(10-8-14)20-12-4-6-17(20)22;/h7-10,13,16H,2-6,11-12,19H2,1H3;1H. The Hall–Kier alpha value is -1.59. The Bertz CT molecular complexity index is 588. The molecule has 132 valence electrons. The lowest BCUT2D eigenvalue weighted by atomic mass is 9.96. The molecule has 24 heavy (non-hydrogen) atoms. The van der Waals surface area contributed by atoms with Crippen LogP contribution in [0.15, 0.2) is 24.3 Å². The zero-order valence-corrected chi connectivity index (χ0v) is 14.9. The Balaban J connectivity index is 0.00000208. The van der Waals surface area contributed by atoms with Gasteiger partial charge in [-0.1, -0.05) is 0 Å². The summed E-state index contributed by atoms with van der Waals surface area (Å²) in [5.74, 6) is 0.212. The number of rotatable bonds is 3. The van der Waals surface area contributed by atoms with E-state index in [2.05, 4.69) is 0 Å². The molecule has 0 spiro atoms. The molecule has 6 heteroatoms. The summed E-state index contributed by atoms with van der Waals surface area (Å²) >= 11 is 0. The van der Waals surface area contributed by atoms with Crippen molar-refractivity contribution in [2.45, 2.75) is 51.1 Å². The first-order valence-electron chi connectivity index (χ1n) is 8.55. The van der Waals surface area contributed by atoms with Gasteiger partial charge in [-0.2, -0.15) is 0 Å². The Morgan fingerprint density at radius 3 is 2.46 bits per heavy atom. The number of amides is 2. The second-order valence-electron chi connectivity index (χ2n) is 6.62. The van der Waals surface area contributed by atoms with Crippen molar-refractivity contribution in [2.24, 2.45) is 5.73 Å². The molecule has 2 amide bonds. The van der Waals surface area contributed by atoms with Crippen LogP contribution in [0.4, 0.5) is 5.69 Å². The van der Waals surface area contributed by atoms with Crippen molar-refractivity contribution in [3.05, 3.63) is 29.8 Å². The van der Waals surface area contributed by atoms with Gasteiger partial charge in [0, 0.05) is 42.8 Å². The molecule has 0 radical (unpaired) electrons. The van der Waals surface area contributed by atoms with Gasteiger partial charge in [0.15, 0.2) is 0 Å². The van der Waals surface area contributed by atoms with Crippen LogP contribution >= 0.6 is 12.4 Å². The molecule has 1 aromatic rings. The van der Waals surface area contributed by atoms with Crippen LogP contribution in [0.25, 0.3) is 0 Å². The average molecular weight is 352 g/mol. The lowest BCUT2D eigenvalue weighted by Crippen LogP contribution is -2.51. The molecule has 2 N–H and O–H groups in total. The van der Waals surface area contributed by atoms with E-state index < -0.39 is 0 Å². The molecule has 0 saturated carbocycles. The number of carbonyl (C=O) groups is 2. The average Bonchev–Trinajstić information content (AvgIpc) is 3.00. The van der Waals surface area contributed by atoms with Crippen molar-refractivity contribution in [1.29, 1.82) is 0 Å². The minimum atomic E-state index is -0.0132. The second kappa shape index (κ2) is 7.99. The molecule has 0 aromatic heterocycles. The summed E-state index contributed by atoms with van der Waals surface area (Å²) < 4.78 is 0. The molecular weight excluding hydrogens is 326 g/mol. The van der Waals surface area contributed by atoms with E-state index in [1.807, 2.05) is 36.1 Å². The molecule has 2 aliphatic rings. The molecule has 5 nitrogen and oxygen atoms in total. The largest absolute Gasteiger partial charge is 0.334 e. The minimum absolute atomic E-state index is 0. The first kappa shape index (κ1) is 18.7. The van der Waals surface area contributed by atoms with Crippen LogP contribution in [0.2, 0.25) is 0 Å². The van der Waals surface area contributed by atoms with Crippen LogP contribution in [0.3, 0.4) is 0 Å². The fourth-order valence-corrected chi connectivity index (χ4v) is 3.63. The zero-order valence-electron chi connectivity index (χ0n) is 14.1. The van der Waals surface area contributed by atoms with E-state index in [9.17, 15) is 9.59 Å². The van der Waals surface area contributed by atoms with Gasteiger partial charge in [-0.15, -0.1) is 12.4 Å². The number of piperidine rings is 1. The molecule has 0 bridgehead atoms. The van der Waals surface area contributed by atoms with Crippen LogP contribution in [0, 0.1) is 0 Å². The summed E-state index contributed by atoms with van der Waals surface area (Å²) in [4.78, 5) is 28.3. The minimum Gasteiger partial charge on any atom is -0.334 e. The molecule has 2 saturated heterocycles. The van der Waals surface area contributed by atoms with Crippen LogP contribution in [-0.2, 0) is 4.79 Å². The van der Waals surface area contributed by atoms with E-state index in [-0.39, 0.29) is 36.3 Å². The SMILES string of the molecule is CC(N)C1CCCCN1C(=O)c1ccc(N2CCCC2=O)cc1.Cl. The third kappa shape index (κ3) is 3.73. The van der Waals surface area contributed by atoms with Gasteiger partial charge in [0.1, 0.15) is 0 Å². The molecular formula is C18H26ClN3O2. The van der Waals surface area contributed by atoms with Gasteiger partial charge >= 0.3 is 0 Å². The fraction of sp³-hybridized carbons (Fsp3) is 0.556. The highest BCUT2D eigenvalue weighted by atomic mass is 35.5. The van der Waals surface area contributed by atoms with E-state index in [4.69, 9.17) is 5.73 Å². The van der Waals surface area contributed by atoms with E-state index in [0.29, 0.717) is 12.0 Å². The highest BCUT2D eigenvalue weighted by molar-refractivity contribution is 5.97. The summed E-state index contributed by atoms with van der Waals surface area (Å²) in [6.07, 6.45) is 4.67. The quantitative estimate of drug-likeness (QED) is 0.910. The number of carbonyl (C=O) groups excluding carboxylic acids is 2. The molecule has 2 fully saturated rings. The predicted molar refractivity (Wildman–Crippen MR) is 97.6 cm³/mol. The maximum Gasteiger partial charge on any atom is 0.254 e. The maximum absolute atomic E-state index is 12.8. The zero-order chi connectivity index (χ0) is 16.4. The lowest BCUT2D eigenvalue weighted by molar-refractivity contribution is -0.117. The monoisotopic (exact) mass is 351 g/mol. The van der Waals surface area contributed by atoms with E-state index in [0.717, 1.165) is 44.5 Å². The Morgan fingerprint density at radius 2 is 1.88 bits per heavy atom. The van der Waals surface area contributed by atoms with Gasteiger partial charge in [0.05, 0.1) is 0 Å². The number of nitrogens with two attached hydrogens (primary N) is 1. The first-order valence-corrected chi connectivity index (χ1v) is 8.55. The number of likely N-dealkylation sites (tertiary alicyclic amines) is 1. The van der Waals surface area contributed by atoms with Crippen molar-refractivity contribution in [1.82, 2.24) is 4.90 Å². The number of halogens is 1.